The smallest absolute Gasteiger partial charge is 0.255 e. The minimum absolute atomic E-state index is 0.264. The summed E-state index contributed by atoms with van der Waals surface area (Å²) in [5.41, 5.74) is 2.66. The Morgan fingerprint density at radius 3 is 2.66 bits per heavy atom. The second-order valence-corrected chi connectivity index (χ2v) is 7.31. The number of carbonyl (C=O) groups excluding carboxylic acids is 1. The van der Waals surface area contributed by atoms with Crippen LogP contribution in [-0.2, 0) is 4.79 Å². The molecule has 1 aliphatic rings. The fourth-order valence-electron chi connectivity index (χ4n) is 3.62. The number of allylic oxidation sites excluding steroid dienone is 1. The summed E-state index contributed by atoms with van der Waals surface area (Å²) >= 11 is 0. The summed E-state index contributed by atoms with van der Waals surface area (Å²) in [6.07, 6.45) is 0.930. The molecule has 1 atom stereocenters. The molecule has 0 radical (unpaired) electrons. The Kier molecular flexibility index (Phi) is 6.34. The highest BCUT2D eigenvalue weighted by atomic mass is 16.5. The molecule has 0 fully saturated rings. The van der Waals surface area contributed by atoms with Crippen molar-refractivity contribution < 1.29 is 14.3 Å². The quantitative estimate of drug-likeness (QED) is 0.556. The van der Waals surface area contributed by atoms with E-state index in [0.29, 0.717) is 41.9 Å². The van der Waals surface area contributed by atoms with Gasteiger partial charge in [0.05, 0.1) is 24.5 Å². The van der Waals surface area contributed by atoms with E-state index in [1.165, 1.54) is 0 Å². The van der Waals surface area contributed by atoms with Crippen LogP contribution < -0.4 is 20.1 Å². The second kappa shape index (κ2) is 9.51. The van der Waals surface area contributed by atoms with Crippen molar-refractivity contribution in [2.45, 2.75) is 33.2 Å². The first kappa shape index (κ1) is 21.4. The molecule has 1 unspecified atom stereocenters. The van der Waals surface area contributed by atoms with Crippen molar-refractivity contribution in [1.29, 1.82) is 0 Å². The predicted octanol–water partition coefficient (Wildman–Crippen LogP) is 3.79. The average molecular weight is 435 g/mol. The van der Waals surface area contributed by atoms with Crippen LogP contribution in [0.15, 0.2) is 59.8 Å². The summed E-state index contributed by atoms with van der Waals surface area (Å²) < 4.78 is 13.0. The predicted molar refractivity (Wildman–Crippen MR) is 121 cm³/mol. The van der Waals surface area contributed by atoms with Crippen LogP contribution in [0, 0.1) is 0 Å². The van der Waals surface area contributed by atoms with Crippen molar-refractivity contribution in [1.82, 2.24) is 20.2 Å². The standard InChI is InChI=1S/C23H26N6O3/c1-4-14-32-17-12-10-16(11-13-17)21-20(15(3)24-23-26-27-28-29(21)23)22(30)25-18-8-6-7-9-19(18)31-5-2/h6-13,21H,4-5,14H2,1-3H3,(H,25,30)(H,24,26,28). The molecule has 9 heteroatoms. The number of aromatic nitrogens is 4. The van der Waals surface area contributed by atoms with Crippen molar-refractivity contribution in [2.75, 3.05) is 23.8 Å². The van der Waals surface area contributed by atoms with Crippen LogP contribution in [0.5, 0.6) is 11.5 Å². The Morgan fingerprint density at radius 2 is 1.91 bits per heavy atom. The molecule has 0 bridgehead atoms. The fraction of sp³-hybridized carbons (Fsp3) is 0.304. The van der Waals surface area contributed by atoms with Crippen molar-refractivity contribution >= 4 is 17.5 Å². The van der Waals surface area contributed by atoms with E-state index in [0.717, 1.165) is 17.7 Å². The molecule has 0 saturated carbocycles. The summed E-state index contributed by atoms with van der Waals surface area (Å²) in [6.45, 7) is 6.95. The maximum absolute atomic E-state index is 13.5. The molecule has 4 rings (SSSR count). The van der Waals surface area contributed by atoms with E-state index in [9.17, 15) is 4.79 Å². The molecule has 1 aliphatic heterocycles. The highest BCUT2D eigenvalue weighted by Gasteiger charge is 2.34. The van der Waals surface area contributed by atoms with E-state index in [1.807, 2.05) is 62.4 Å². The zero-order valence-electron chi connectivity index (χ0n) is 18.3. The third-order valence-corrected chi connectivity index (χ3v) is 5.06. The molecule has 2 heterocycles. The van der Waals surface area contributed by atoms with Crippen LogP contribution in [0.1, 0.15) is 38.8 Å². The Hall–Kier alpha value is -3.88. The van der Waals surface area contributed by atoms with Gasteiger partial charge in [-0.05, 0) is 60.5 Å². The maximum Gasteiger partial charge on any atom is 0.255 e. The number of carbonyl (C=O) groups is 1. The number of rotatable bonds is 8. The number of nitrogens with zero attached hydrogens (tertiary/aromatic N) is 4. The molecule has 2 N–H and O–H groups in total. The van der Waals surface area contributed by atoms with Gasteiger partial charge in [0, 0.05) is 5.70 Å². The first-order valence-electron chi connectivity index (χ1n) is 10.6. The van der Waals surface area contributed by atoms with Crippen LogP contribution >= 0.6 is 0 Å². The van der Waals surface area contributed by atoms with Gasteiger partial charge >= 0.3 is 0 Å². The molecule has 166 valence electrons. The van der Waals surface area contributed by atoms with Crippen molar-refractivity contribution in [2.24, 2.45) is 0 Å². The van der Waals surface area contributed by atoms with Crippen molar-refractivity contribution in [3.05, 3.63) is 65.4 Å². The number of benzene rings is 2. The average Bonchev–Trinajstić information content (AvgIpc) is 3.26. The number of para-hydroxylation sites is 2. The van der Waals surface area contributed by atoms with E-state index in [2.05, 4.69) is 33.1 Å². The number of hydrogen-bond donors (Lipinski definition) is 2. The van der Waals surface area contributed by atoms with E-state index >= 15 is 0 Å². The number of fused-ring (bicyclic) bond motifs is 1. The Balaban J connectivity index is 1.68. The minimum atomic E-state index is -0.499. The molecule has 1 aromatic heterocycles. The zero-order chi connectivity index (χ0) is 22.5. The van der Waals surface area contributed by atoms with Gasteiger partial charge in [0.1, 0.15) is 17.5 Å². The number of nitrogens with one attached hydrogen (secondary N) is 2. The van der Waals surface area contributed by atoms with E-state index < -0.39 is 6.04 Å². The molecule has 1 amide bonds. The Labute approximate surface area is 186 Å². The van der Waals surface area contributed by atoms with Gasteiger partial charge in [0.2, 0.25) is 5.95 Å². The Bertz CT molecular complexity index is 1120. The lowest BCUT2D eigenvalue weighted by Crippen LogP contribution is -2.31. The number of hydrogen-bond acceptors (Lipinski definition) is 7. The van der Waals surface area contributed by atoms with Gasteiger partial charge in [0.25, 0.3) is 5.91 Å². The summed E-state index contributed by atoms with van der Waals surface area (Å²) in [4.78, 5) is 13.5. The lowest BCUT2D eigenvalue weighted by Gasteiger charge is -2.28. The van der Waals surface area contributed by atoms with Gasteiger partial charge in [-0.25, -0.2) is 0 Å². The van der Waals surface area contributed by atoms with E-state index in [1.54, 1.807) is 4.68 Å². The highest BCUT2D eigenvalue weighted by molar-refractivity contribution is 6.06. The Morgan fingerprint density at radius 1 is 1.12 bits per heavy atom. The summed E-state index contributed by atoms with van der Waals surface area (Å²) in [6, 6.07) is 14.5. The maximum atomic E-state index is 13.5. The van der Waals surface area contributed by atoms with E-state index in [-0.39, 0.29) is 5.91 Å². The first-order chi connectivity index (χ1) is 15.6. The largest absolute Gasteiger partial charge is 0.494 e. The van der Waals surface area contributed by atoms with Gasteiger partial charge in [-0.1, -0.05) is 36.3 Å². The summed E-state index contributed by atoms with van der Waals surface area (Å²) in [5.74, 6) is 1.60. The SMILES string of the molecule is CCCOc1ccc(C2C(C(=O)Nc3ccccc3OCC)=C(C)Nc3nnnn32)cc1. The van der Waals surface area contributed by atoms with Crippen LogP contribution in [-0.4, -0.2) is 39.3 Å². The van der Waals surface area contributed by atoms with Crippen LogP contribution in [0.3, 0.4) is 0 Å². The molecular weight excluding hydrogens is 408 g/mol. The molecular formula is C23H26N6O3. The first-order valence-corrected chi connectivity index (χ1v) is 10.6. The van der Waals surface area contributed by atoms with Gasteiger partial charge in [0.15, 0.2) is 0 Å². The van der Waals surface area contributed by atoms with Gasteiger partial charge in [-0.3, -0.25) is 4.79 Å². The van der Waals surface area contributed by atoms with Crippen LogP contribution in [0.4, 0.5) is 11.6 Å². The molecule has 3 aromatic rings. The van der Waals surface area contributed by atoms with Gasteiger partial charge in [-0.2, -0.15) is 4.68 Å². The molecule has 32 heavy (non-hydrogen) atoms. The lowest BCUT2D eigenvalue weighted by molar-refractivity contribution is -0.113. The van der Waals surface area contributed by atoms with Gasteiger partial charge < -0.3 is 20.1 Å². The molecule has 2 aromatic carbocycles. The molecule has 0 spiro atoms. The number of amides is 1. The summed E-state index contributed by atoms with van der Waals surface area (Å²) in [7, 11) is 0. The third kappa shape index (κ3) is 4.27. The number of tetrazole rings is 1. The monoisotopic (exact) mass is 434 g/mol. The molecule has 9 nitrogen and oxygen atoms in total. The van der Waals surface area contributed by atoms with Crippen molar-refractivity contribution in [3.63, 3.8) is 0 Å². The van der Waals surface area contributed by atoms with Crippen molar-refractivity contribution in [3.8, 4) is 11.5 Å². The third-order valence-electron chi connectivity index (χ3n) is 5.06. The lowest BCUT2D eigenvalue weighted by atomic mass is 9.95. The number of anilines is 2. The van der Waals surface area contributed by atoms with Gasteiger partial charge in [-0.15, -0.1) is 0 Å². The fourth-order valence-corrected chi connectivity index (χ4v) is 3.62. The second-order valence-electron chi connectivity index (χ2n) is 7.31. The summed E-state index contributed by atoms with van der Waals surface area (Å²) in [5, 5.41) is 18.1. The molecule has 0 aliphatic carbocycles. The molecule has 0 saturated heterocycles. The van der Waals surface area contributed by atoms with Crippen LogP contribution in [0.25, 0.3) is 0 Å². The highest BCUT2D eigenvalue weighted by Crippen LogP contribution is 2.36. The topological polar surface area (TPSA) is 103 Å². The minimum Gasteiger partial charge on any atom is -0.494 e. The number of ether oxygens (including phenoxy) is 2. The van der Waals surface area contributed by atoms with Crippen LogP contribution in [0.2, 0.25) is 0 Å². The zero-order valence-corrected chi connectivity index (χ0v) is 18.3. The van der Waals surface area contributed by atoms with E-state index in [4.69, 9.17) is 9.47 Å². The normalized spacial score (nSPS) is 15.0.